The second kappa shape index (κ2) is 4.42. The summed E-state index contributed by atoms with van der Waals surface area (Å²) in [5.74, 6) is -1.08. The van der Waals surface area contributed by atoms with Crippen LogP contribution in [0.25, 0.3) is 0 Å². The maximum Gasteiger partial charge on any atom is 0.330 e. The van der Waals surface area contributed by atoms with Gasteiger partial charge in [-0.1, -0.05) is 6.92 Å². The Hall–Kier alpha value is -1.47. The molecule has 0 spiro atoms. The molecule has 17 heavy (non-hydrogen) atoms. The summed E-state index contributed by atoms with van der Waals surface area (Å²) >= 11 is 0. The fourth-order valence-corrected chi connectivity index (χ4v) is 2.03. The third kappa shape index (κ3) is 2.16. The van der Waals surface area contributed by atoms with Gasteiger partial charge in [-0.15, -0.1) is 0 Å². The lowest BCUT2D eigenvalue weighted by atomic mass is 10.1. The van der Waals surface area contributed by atoms with Crippen LogP contribution < -0.4 is 11.2 Å². The molecule has 3 unspecified atom stereocenters. The van der Waals surface area contributed by atoms with Gasteiger partial charge in [-0.25, -0.2) is 4.79 Å². The van der Waals surface area contributed by atoms with E-state index >= 15 is 0 Å². The third-order valence-electron chi connectivity index (χ3n) is 2.86. The van der Waals surface area contributed by atoms with Crippen molar-refractivity contribution in [1.82, 2.24) is 9.55 Å². The normalized spacial score (nSPS) is 28.5. The van der Waals surface area contributed by atoms with Gasteiger partial charge in [0, 0.05) is 5.92 Å². The molecule has 94 valence electrons. The number of hydrogen-bond donors (Lipinski definition) is 2. The lowest BCUT2D eigenvalue weighted by molar-refractivity contribution is -0.0341. The SMILES string of the molecule is CC1CC(CO)OC1n1cc(F)c(=O)[nH]c1=O. The molecule has 1 saturated heterocycles. The maximum absolute atomic E-state index is 13.1. The number of aromatic amines is 1. The van der Waals surface area contributed by atoms with Crippen LogP contribution in [-0.2, 0) is 4.74 Å². The second-order valence-electron chi connectivity index (χ2n) is 4.19. The molecule has 2 N–H and O–H groups in total. The van der Waals surface area contributed by atoms with E-state index in [2.05, 4.69) is 0 Å². The summed E-state index contributed by atoms with van der Waals surface area (Å²) < 4.78 is 19.5. The molecule has 0 saturated carbocycles. The zero-order chi connectivity index (χ0) is 12.6. The second-order valence-corrected chi connectivity index (χ2v) is 4.19. The Balaban J connectivity index is 2.38. The number of nitrogens with zero attached hydrogens (tertiary/aromatic N) is 1. The van der Waals surface area contributed by atoms with Gasteiger partial charge in [-0.2, -0.15) is 4.39 Å². The number of rotatable bonds is 2. The van der Waals surface area contributed by atoms with Crippen LogP contribution in [0.5, 0.6) is 0 Å². The van der Waals surface area contributed by atoms with Crippen molar-refractivity contribution < 1.29 is 14.2 Å². The van der Waals surface area contributed by atoms with Crippen LogP contribution in [0, 0.1) is 11.7 Å². The van der Waals surface area contributed by atoms with Gasteiger partial charge in [0.15, 0.2) is 0 Å². The minimum atomic E-state index is -1.05. The number of hydrogen-bond acceptors (Lipinski definition) is 4. The van der Waals surface area contributed by atoms with Gasteiger partial charge in [-0.05, 0) is 6.42 Å². The fourth-order valence-electron chi connectivity index (χ4n) is 2.03. The van der Waals surface area contributed by atoms with Crippen LogP contribution in [0.2, 0.25) is 0 Å². The number of H-pyrrole nitrogens is 1. The van der Waals surface area contributed by atoms with Crippen molar-refractivity contribution in [2.75, 3.05) is 6.61 Å². The van der Waals surface area contributed by atoms with Gasteiger partial charge in [0.05, 0.1) is 18.9 Å². The van der Waals surface area contributed by atoms with Crippen molar-refractivity contribution in [1.29, 1.82) is 0 Å². The number of aromatic nitrogens is 2. The molecule has 0 aromatic carbocycles. The molecule has 7 heteroatoms. The van der Waals surface area contributed by atoms with Crippen molar-refractivity contribution in [3.05, 3.63) is 32.9 Å². The first kappa shape index (κ1) is 12.0. The van der Waals surface area contributed by atoms with Gasteiger partial charge in [0.2, 0.25) is 5.82 Å². The van der Waals surface area contributed by atoms with E-state index in [0.717, 1.165) is 10.8 Å². The first-order chi connectivity index (χ1) is 8.02. The Morgan fingerprint density at radius 3 is 2.94 bits per heavy atom. The fraction of sp³-hybridized carbons (Fsp3) is 0.600. The lowest BCUT2D eigenvalue weighted by Crippen LogP contribution is -2.35. The molecule has 0 amide bonds. The van der Waals surface area contributed by atoms with Crippen LogP contribution in [0.4, 0.5) is 4.39 Å². The van der Waals surface area contributed by atoms with E-state index in [1.807, 2.05) is 11.9 Å². The molecule has 0 radical (unpaired) electrons. The van der Waals surface area contributed by atoms with E-state index in [4.69, 9.17) is 9.84 Å². The highest BCUT2D eigenvalue weighted by Crippen LogP contribution is 2.32. The van der Waals surface area contributed by atoms with Crippen LogP contribution in [0.3, 0.4) is 0 Å². The van der Waals surface area contributed by atoms with Gasteiger partial charge in [0.1, 0.15) is 6.23 Å². The molecule has 1 aromatic heterocycles. The molecular formula is C10H13FN2O4. The largest absolute Gasteiger partial charge is 0.394 e. The van der Waals surface area contributed by atoms with Gasteiger partial charge >= 0.3 is 5.69 Å². The highest BCUT2D eigenvalue weighted by molar-refractivity contribution is 4.90. The summed E-state index contributed by atoms with van der Waals surface area (Å²) in [5.41, 5.74) is -1.76. The summed E-state index contributed by atoms with van der Waals surface area (Å²) in [6.07, 6.45) is 0.388. The predicted molar refractivity (Wildman–Crippen MR) is 56.1 cm³/mol. The molecule has 1 aliphatic rings. The van der Waals surface area contributed by atoms with Crippen LogP contribution >= 0.6 is 0 Å². The van der Waals surface area contributed by atoms with Crippen molar-refractivity contribution in [2.24, 2.45) is 5.92 Å². The summed E-state index contributed by atoms with van der Waals surface area (Å²) in [4.78, 5) is 24.3. The lowest BCUT2D eigenvalue weighted by Gasteiger charge is -2.17. The first-order valence-electron chi connectivity index (χ1n) is 5.30. The van der Waals surface area contributed by atoms with E-state index < -0.39 is 23.3 Å². The van der Waals surface area contributed by atoms with E-state index in [1.165, 1.54) is 0 Å². The molecule has 1 aliphatic heterocycles. The molecular weight excluding hydrogens is 231 g/mol. The van der Waals surface area contributed by atoms with Crippen molar-refractivity contribution >= 4 is 0 Å². The third-order valence-corrected chi connectivity index (χ3v) is 2.86. The van der Waals surface area contributed by atoms with Crippen molar-refractivity contribution in [2.45, 2.75) is 25.7 Å². The van der Waals surface area contributed by atoms with Gasteiger partial charge in [0.25, 0.3) is 5.56 Å². The molecule has 6 nitrogen and oxygen atoms in total. The Kier molecular flexibility index (Phi) is 3.12. The number of aliphatic hydroxyl groups excluding tert-OH is 1. The highest BCUT2D eigenvalue weighted by atomic mass is 19.1. The van der Waals surface area contributed by atoms with Gasteiger partial charge in [-0.3, -0.25) is 14.3 Å². The van der Waals surface area contributed by atoms with Crippen LogP contribution in [-0.4, -0.2) is 27.4 Å². The van der Waals surface area contributed by atoms with Crippen LogP contribution in [0.15, 0.2) is 15.8 Å². The average molecular weight is 244 g/mol. The zero-order valence-corrected chi connectivity index (χ0v) is 9.22. The monoisotopic (exact) mass is 244 g/mol. The number of aliphatic hydroxyl groups is 1. The van der Waals surface area contributed by atoms with Crippen molar-refractivity contribution in [3.63, 3.8) is 0 Å². The zero-order valence-electron chi connectivity index (χ0n) is 9.22. The summed E-state index contributed by atoms with van der Waals surface area (Å²) in [5, 5.41) is 8.97. The van der Waals surface area contributed by atoms with Crippen LogP contribution in [0.1, 0.15) is 19.6 Å². The minimum absolute atomic E-state index is 0.0462. The molecule has 0 bridgehead atoms. The highest BCUT2D eigenvalue weighted by Gasteiger charge is 2.33. The Labute approximate surface area is 95.7 Å². The summed E-state index contributed by atoms with van der Waals surface area (Å²) in [7, 11) is 0. The Bertz CT molecular complexity index is 524. The first-order valence-corrected chi connectivity index (χ1v) is 5.30. The topological polar surface area (TPSA) is 84.3 Å². The predicted octanol–water partition coefficient (Wildman–Crippen LogP) is -0.408. The molecule has 2 heterocycles. The molecule has 3 atom stereocenters. The van der Waals surface area contributed by atoms with E-state index in [1.54, 1.807) is 0 Å². The molecule has 1 aromatic rings. The smallest absolute Gasteiger partial charge is 0.330 e. The molecule has 1 fully saturated rings. The maximum atomic E-state index is 13.1. The number of ether oxygens (including phenoxy) is 1. The van der Waals surface area contributed by atoms with E-state index in [9.17, 15) is 14.0 Å². The van der Waals surface area contributed by atoms with E-state index in [-0.39, 0.29) is 18.6 Å². The van der Waals surface area contributed by atoms with Crippen molar-refractivity contribution in [3.8, 4) is 0 Å². The minimum Gasteiger partial charge on any atom is -0.394 e. The number of halogens is 1. The van der Waals surface area contributed by atoms with E-state index in [0.29, 0.717) is 6.42 Å². The Morgan fingerprint density at radius 2 is 2.35 bits per heavy atom. The summed E-state index contributed by atoms with van der Waals surface area (Å²) in [6.45, 7) is 1.68. The Morgan fingerprint density at radius 1 is 1.65 bits per heavy atom. The molecule has 0 aliphatic carbocycles. The average Bonchev–Trinajstić information content (AvgIpc) is 2.65. The van der Waals surface area contributed by atoms with Gasteiger partial charge < -0.3 is 9.84 Å². The number of nitrogens with one attached hydrogen (secondary N) is 1. The molecule has 2 rings (SSSR count). The standard InChI is InChI=1S/C10H13FN2O4/c1-5-2-6(4-14)17-9(5)13-3-7(11)8(15)12-10(13)16/h3,5-6,9,14H,2,4H2,1H3,(H,12,15,16). The summed E-state index contributed by atoms with van der Waals surface area (Å²) in [6, 6.07) is 0. The quantitative estimate of drug-likeness (QED) is 0.740.